The van der Waals surface area contributed by atoms with Crippen molar-refractivity contribution in [3.63, 3.8) is 0 Å². The summed E-state index contributed by atoms with van der Waals surface area (Å²) in [5.74, 6) is -1.88. The van der Waals surface area contributed by atoms with E-state index in [-0.39, 0.29) is 48.1 Å². The molecule has 1 amide bonds. The number of esters is 1. The maximum Gasteiger partial charge on any atom is 0.334 e. The lowest BCUT2D eigenvalue weighted by Gasteiger charge is -2.61. The number of ether oxygens (including phenoxy) is 2. The molecule has 2 N–H and O–H groups in total. The molecule has 2 aliphatic heterocycles. The number of aliphatic hydroxyl groups is 1. The van der Waals surface area contributed by atoms with Gasteiger partial charge in [-0.1, -0.05) is 25.5 Å². The highest BCUT2D eigenvalue weighted by molar-refractivity contribution is 5.91. The van der Waals surface area contributed by atoms with Crippen LogP contribution in [-0.4, -0.2) is 72.5 Å². The van der Waals surface area contributed by atoms with E-state index in [9.17, 15) is 24.6 Å². The Bertz CT molecular complexity index is 982. The Morgan fingerprint density at radius 2 is 1.97 bits per heavy atom. The maximum atomic E-state index is 13.0. The van der Waals surface area contributed by atoms with Crippen molar-refractivity contribution in [3.05, 3.63) is 23.3 Å². The summed E-state index contributed by atoms with van der Waals surface area (Å²) in [4.78, 5) is 39.5. The van der Waals surface area contributed by atoms with Gasteiger partial charge in [0.2, 0.25) is 5.91 Å². The number of carbonyl (C=O) groups excluding carboxylic acids is 2. The highest BCUT2D eigenvalue weighted by Gasteiger charge is 2.61. The molecule has 0 spiro atoms. The van der Waals surface area contributed by atoms with Crippen LogP contribution >= 0.6 is 0 Å². The lowest BCUT2D eigenvalue weighted by atomic mass is 9.43. The van der Waals surface area contributed by atoms with Gasteiger partial charge in [0, 0.05) is 37.6 Å². The second-order valence-corrected chi connectivity index (χ2v) is 11.9. The van der Waals surface area contributed by atoms with Crippen LogP contribution in [0.2, 0.25) is 0 Å². The number of hydrogen-bond donors (Lipinski definition) is 2. The normalized spacial score (nSPS) is 39.0. The third kappa shape index (κ3) is 4.10. The molecule has 0 bridgehead atoms. The van der Waals surface area contributed by atoms with Crippen molar-refractivity contribution < 1.29 is 34.1 Å². The number of aliphatic hydroxyl groups excluding tert-OH is 1. The molecular formula is C28H39NO7. The average molecular weight is 502 g/mol. The predicted octanol–water partition coefficient (Wildman–Crippen LogP) is 2.81. The fourth-order valence-corrected chi connectivity index (χ4v) is 8.48. The molecule has 36 heavy (non-hydrogen) atoms. The van der Waals surface area contributed by atoms with Gasteiger partial charge in [-0.15, -0.1) is 0 Å². The summed E-state index contributed by atoms with van der Waals surface area (Å²) in [5, 5.41) is 21.1. The number of hydrogen-bond acceptors (Lipinski definition) is 6. The van der Waals surface area contributed by atoms with Crippen molar-refractivity contribution in [3.8, 4) is 0 Å². The smallest absolute Gasteiger partial charge is 0.334 e. The third-order valence-electron chi connectivity index (χ3n) is 10.4. The molecule has 7 unspecified atom stereocenters. The van der Waals surface area contributed by atoms with E-state index in [0.29, 0.717) is 45.2 Å². The van der Waals surface area contributed by atoms with E-state index in [1.165, 1.54) is 5.57 Å². The molecule has 5 aliphatic rings. The summed E-state index contributed by atoms with van der Waals surface area (Å²) in [6.45, 7) is 6.56. The molecule has 0 aromatic rings. The van der Waals surface area contributed by atoms with Gasteiger partial charge < -0.3 is 24.6 Å². The number of amides is 1. The van der Waals surface area contributed by atoms with Crippen molar-refractivity contribution in [1.29, 1.82) is 0 Å². The van der Waals surface area contributed by atoms with Crippen LogP contribution in [0.15, 0.2) is 23.3 Å². The Kier molecular flexibility index (Phi) is 6.79. The first-order valence-corrected chi connectivity index (χ1v) is 13.5. The number of aliphatic carboxylic acids is 1. The van der Waals surface area contributed by atoms with Gasteiger partial charge in [-0.2, -0.15) is 0 Å². The van der Waals surface area contributed by atoms with E-state index in [1.54, 1.807) is 4.90 Å². The number of fused-ring (bicyclic) bond motifs is 3. The summed E-state index contributed by atoms with van der Waals surface area (Å²) >= 11 is 0. The fraction of sp³-hybridized carbons (Fsp3) is 0.750. The van der Waals surface area contributed by atoms with E-state index in [2.05, 4.69) is 13.0 Å². The van der Waals surface area contributed by atoms with Gasteiger partial charge in [0.15, 0.2) is 0 Å². The maximum absolute atomic E-state index is 13.0. The van der Waals surface area contributed by atoms with Gasteiger partial charge >= 0.3 is 11.9 Å². The van der Waals surface area contributed by atoms with E-state index < -0.39 is 17.3 Å². The minimum Gasteiger partial charge on any atom is -0.481 e. The number of allylic oxidation sites excluding steroid dienone is 2. The van der Waals surface area contributed by atoms with E-state index in [1.807, 2.05) is 13.0 Å². The number of carboxylic acid groups (broad SMARTS) is 1. The SMILES string of the molecule is CC12CCC(C(CC(=O)N3CCOCC3)C(=O)O)C(C)(CO)C1CCC1=CC(C3=CCOC3=O)CC12. The molecule has 198 valence electrons. The Morgan fingerprint density at radius 3 is 2.61 bits per heavy atom. The van der Waals surface area contributed by atoms with Crippen LogP contribution in [0, 0.1) is 40.4 Å². The van der Waals surface area contributed by atoms with Crippen LogP contribution in [0.4, 0.5) is 0 Å². The van der Waals surface area contributed by atoms with Gasteiger partial charge in [-0.25, -0.2) is 4.79 Å². The highest BCUT2D eigenvalue weighted by Crippen LogP contribution is 2.66. The number of carbonyl (C=O) groups is 3. The summed E-state index contributed by atoms with van der Waals surface area (Å²) in [6.07, 6.45) is 8.30. The van der Waals surface area contributed by atoms with Crippen molar-refractivity contribution in [2.75, 3.05) is 39.5 Å². The molecule has 1 saturated heterocycles. The first kappa shape index (κ1) is 25.5. The third-order valence-corrected chi connectivity index (χ3v) is 10.4. The monoisotopic (exact) mass is 501 g/mol. The molecule has 3 fully saturated rings. The fourth-order valence-electron chi connectivity index (χ4n) is 8.48. The van der Waals surface area contributed by atoms with Gasteiger partial charge in [0.1, 0.15) is 6.61 Å². The van der Waals surface area contributed by atoms with Crippen LogP contribution < -0.4 is 0 Å². The summed E-state index contributed by atoms with van der Waals surface area (Å²) in [5.41, 5.74) is 1.47. The lowest BCUT2D eigenvalue weighted by molar-refractivity contribution is -0.166. The number of morpholine rings is 1. The van der Waals surface area contributed by atoms with Gasteiger partial charge in [0.25, 0.3) is 0 Å². The Hall–Kier alpha value is -2.19. The van der Waals surface area contributed by atoms with Crippen LogP contribution in [0.5, 0.6) is 0 Å². The molecule has 0 aromatic heterocycles. The van der Waals surface area contributed by atoms with Crippen molar-refractivity contribution in [2.45, 2.75) is 52.4 Å². The molecule has 8 nitrogen and oxygen atoms in total. The summed E-state index contributed by atoms with van der Waals surface area (Å²) in [7, 11) is 0. The number of carboxylic acids is 1. The molecule has 3 aliphatic carbocycles. The number of rotatable bonds is 6. The Morgan fingerprint density at radius 1 is 1.22 bits per heavy atom. The molecular weight excluding hydrogens is 462 g/mol. The predicted molar refractivity (Wildman–Crippen MR) is 131 cm³/mol. The van der Waals surface area contributed by atoms with Gasteiger partial charge in [0.05, 0.1) is 19.1 Å². The van der Waals surface area contributed by atoms with E-state index in [0.717, 1.165) is 31.3 Å². The first-order chi connectivity index (χ1) is 17.2. The topological polar surface area (TPSA) is 113 Å². The van der Waals surface area contributed by atoms with Crippen molar-refractivity contribution >= 4 is 17.8 Å². The van der Waals surface area contributed by atoms with Gasteiger partial charge in [-0.3, -0.25) is 9.59 Å². The van der Waals surface area contributed by atoms with E-state index >= 15 is 0 Å². The number of nitrogens with zero attached hydrogens (tertiary/aromatic N) is 1. The Labute approximate surface area is 212 Å². The molecule has 2 saturated carbocycles. The minimum atomic E-state index is -0.950. The van der Waals surface area contributed by atoms with Crippen molar-refractivity contribution in [2.24, 2.45) is 40.4 Å². The quantitative estimate of drug-likeness (QED) is 0.425. The Balaban J connectivity index is 1.38. The van der Waals surface area contributed by atoms with E-state index in [4.69, 9.17) is 9.47 Å². The lowest BCUT2D eigenvalue weighted by Crippen LogP contribution is -2.57. The zero-order chi connectivity index (χ0) is 25.7. The minimum absolute atomic E-state index is 0.0358. The van der Waals surface area contributed by atoms with Crippen LogP contribution in [0.25, 0.3) is 0 Å². The van der Waals surface area contributed by atoms with Crippen LogP contribution in [0.1, 0.15) is 52.4 Å². The molecule has 0 aromatic carbocycles. The largest absolute Gasteiger partial charge is 0.481 e. The zero-order valence-corrected chi connectivity index (χ0v) is 21.4. The van der Waals surface area contributed by atoms with Crippen molar-refractivity contribution in [1.82, 2.24) is 4.90 Å². The highest BCUT2D eigenvalue weighted by atomic mass is 16.5. The average Bonchev–Trinajstić information content (AvgIpc) is 3.50. The van der Waals surface area contributed by atoms with Crippen LogP contribution in [0.3, 0.4) is 0 Å². The molecule has 0 radical (unpaired) electrons. The standard InChI is InChI=1S/C28H39NO7/c1-27-7-5-21(20(25(32)33)15-24(31)29-8-11-35-12-9-29)28(2,16-30)23(27)4-3-17-13-18(14-22(17)27)19-6-10-36-26(19)34/h6,13,18,20-23,30H,3-5,7-12,14-16H2,1-2H3,(H,32,33). The number of cyclic esters (lactones) is 1. The second kappa shape index (κ2) is 9.60. The second-order valence-electron chi connectivity index (χ2n) is 11.9. The van der Waals surface area contributed by atoms with Gasteiger partial charge in [-0.05, 0) is 66.8 Å². The molecule has 2 heterocycles. The summed E-state index contributed by atoms with van der Waals surface area (Å²) in [6, 6.07) is 0. The molecule has 7 atom stereocenters. The van der Waals surface area contributed by atoms with Crippen LogP contribution in [-0.2, 0) is 23.9 Å². The zero-order valence-electron chi connectivity index (χ0n) is 21.4. The first-order valence-electron chi connectivity index (χ1n) is 13.5. The molecule has 5 rings (SSSR count). The summed E-state index contributed by atoms with van der Waals surface area (Å²) < 4.78 is 10.5. The molecule has 8 heteroatoms.